The number of allylic oxidation sites excluding steroid dienone is 4. The van der Waals surface area contributed by atoms with Crippen LogP contribution in [0.15, 0.2) is 90.5 Å². The van der Waals surface area contributed by atoms with Crippen LogP contribution in [0.5, 0.6) is 0 Å². The Hall–Kier alpha value is -2.86. The number of rotatable bonds is 2. The average Bonchev–Trinajstić information content (AvgIpc) is 3.15. The summed E-state index contributed by atoms with van der Waals surface area (Å²) in [5.41, 5.74) is 11.2. The molecule has 0 N–H and O–H groups in total. The van der Waals surface area contributed by atoms with Gasteiger partial charge in [0, 0.05) is 0 Å². The minimum atomic E-state index is -0.179. The Kier molecular flexibility index (Phi) is 3.30. The molecule has 0 radical (unpaired) electrons. The predicted octanol–water partition coefficient (Wildman–Crippen LogP) is 6.75. The highest BCUT2D eigenvalue weighted by Crippen LogP contribution is 2.62. The van der Waals surface area contributed by atoms with Gasteiger partial charge in [-0.05, 0) is 57.9 Å². The Morgan fingerprint density at radius 2 is 1.15 bits per heavy atom. The van der Waals surface area contributed by atoms with Crippen molar-refractivity contribution in [2.24, 2.45) is 0 Å². The zero-order valence-electron chi connectivity index (χ0n) is 15.3. The molecule has 0 bridgehead atoms. The fourth-order valence-electron chi connectivity index (χ4n) is 5.18. The van der Waals surface area contributed by atoms with Gasteiger partial charge in [0.25, 0.3) is 0 Å². The van der Waals surface area contributed by atoms with Gasteiger partial charge < -0.3 is 0 Å². The third kappa shape index (κ3) is 1.69. The molecule has 0 aliphatic heterocycles. The second-order valence-electron chi connectivity index (χ2n) is 7.13. The van der Waals surface area contributed by atoms with Gasteiger partial charge in [-0.1, -0.05) is 91.9 Å². The van der Waals surface area contributed by atoms with E-state index in [-0.39, 0.29) is 5.41 Å². The van der Waals surface area contributed by atoms with Gasteiger partial charge in [-0.25, -0.2) is 0 Å². The zero-order chi connectivity index (χ0) is 17.7. The lowest BCUT2D eigenvalue weighted by Gasteiger charge is -2.31. The lowest BCUT2D eigenvalue weighted by atomic mass is 9.69. The second kappa shape index (κ2) is 5.57. The maximum absolute atomic E-state index is 2.34. The van der Waals surface area contributed by atoms with Crippen LogP contribution in [0.2, 0.25) is 0 Å². The fourth-order valence-corrected chi connectivity index (χ4v) is 5.18. The summed E-state index contributed by atoms with van der Waals surface area (Å²) in [6.07, 6.45) is 5.59. The Labute approximate surface area is 155 Å². The minimum Gasteiger partial charge on any atom is -0.0873 e. The molecule has 0 nitrogen and oxygen atoms in total. The topological polar surface area (TPSA) is 0 Å². The Morgan fingerprint density at radius 3 is 1.65 bits per heavy atom. The van der Waals surface area contributed by atoms with E-state index in [9.17, 15) is 0 Å². The summed E-state index contributed by atoms with van der Waals surface area (Å²) in [7, 11) is 0. The number of hydrogen-bond donors (Lipinski definition) is 0. The normalized spacial score (nSPS) is 16.2. The summed E-state index contributed by atoms with van der Waals surface area (Å²) in [4.78, 5) is 0. The highest BCUT2D eigenvalue weighted by Gasteiger charge is 2.51. The van der Waals surface area contributed by atoms with Gasteiger partial charge in [0.2, 0.25) is 0 Å². The van der Waals surface area contributed by atoms with E-state index in [0.717, 1.165) is 6.42 Å². The molecule has 0 saturated carbocycles. The zero-order valence-corrected chi connectivity index (χ0v) is 15.3. The van der Waals surface area contributed by atoms with Gasteiger partial charge >= 0.3 is 0 Å². The maximum Gasteiger partial charge on any atom is 0.0722 e. The van der Waals surface area contributed by atoms with E-state index in [1.54, 1.807) is 0 Å². The van der Waals surface area contributed by atoms with Crippen LogP contribution in [0.1, 0.15) is 42.5 Å². The van der Waals surface area contributed by atoms with Crippen LogP contribution in [0.25, 0.3) is 16.7 Å². The van der Waals surface area contributed by atoms with Crippen molar-refractivity contribution in [1.29, 1.82) is 0 Å². The van der Waals surface area contributed by atoms with Crippen molar-refractivity contribution in [3.05, 3.63) is 113 Å². The number of benzene rings is 3. The molecular weight excluding hydrogens is 312 g/mol. The lowest BCUT2D eigenvalue weighted by molar-refractivity contribution is 0.785. The molecule has 0 atom stereocenters. The van der Waals surface area contributed by atoms with Crippen molar-refractivity contribution in [2.75, 3.05) is 0 Å². The van der Waals surface area contributed by atoms with Gasteiger partial charge in [0.15, 0.2) is 0 Å². The van der Waals surface area contributed by atoms with Crippen molar-refractivity contribution < 1.29 is 0 Å². The van der Waals surface area contributed by atoms with E-state index in [2.05, 4.69) is 98.8 Å². The fraction of sp³-hybridized carbons (Fsp3) is 0.154. The third-order valence-electron chi connectivity index (χ3n) is 6.02. The maximum atomic E-state index is 2.34. The molecule has 3 aromatic rings. The highest BCUT2D eigenvalue weighted by atomic mass is 14.5. The Bertz CT molecular complexity index is 1030. The molecule has 1 spiro atoms. The first-order valence-electron chi connectivity index (χ1n) is 9.49. The molecule has 0 saturated heterocycles. The molecule has 126 valence electrons. The third-order valence-corrected chi connectivity index (χ3v) is 6.02. The van der Waals surface area contributed by atoms with Crippen molar-refractivity contribution in [2.45, 2.75) is 25.7 Å². The molecule has 0 fully saturated rings. The van der Waals surface area contributed by atoms with Crippen molar-refractivity contribution in [1.82, 2.24) is 0 Å². The first-order valence-corrected chi connectivity index (χ1v) is 9.49. The van der Waals surface area contributed by atoms with E-state index in [1.807, 2.05) is 0 Å². The standard InChI is InChI=1S/C26H22/c1-3-11-22-18(4-2)19-12-5-8-15-23(19)26(22)24-16-9-6-13-20(24)21-14-7-10-17-25(21)26/h3,5-17H,4H2,1-2H3. The van der Waals surface area contributed by atoms with Crippen LogP contribution in [0.4, 0.5) is 0 Å². The van der Waals surface area contributed by atoms with E-state index in [1.165, 1.54) is 44.5 Å². The first kappa shape index (κ1) is 15.4. The molecule has 2 aliphatic carbocycles. The second-order valence-corrected chi connectivity index (χ2v) is 7.13. The molecule has 0 heteroatoms. The summed E-state index contributed by atoms with van der Waals surface area (Å²) in [5, 5.41) is 0. The largest absolute Gasteiger partial charge is 0.0873 e. The van der Waals surface area contributed by atoms with Crippen LogP contribution in [0, 0.1) is 0 Å². The van der Waals surface area contributed by atoms with Crippen molar-refractivity contribution in [3.8, 4) is 11.1 Å². The van der Waals surface area contributed by atoms with Crippen molar-refractivity contribution in [3.63, 3.8) is 0 Å². The smallest absolute Gasteiger partial charge is 0.0722 e. The first-order chi connectivity index (χ1) is 12.8. The Balaban J connectivity index is 2.01. The van der Waals surface area contributed by atoms with E-state index < -0.39 is 0 Å². The summed E-state index contributed by atoms with van der Waals surface area (Å²) in [6.45, 7) is 4.41. The van der Waals surface area contributed by atoms with E-state index in [4.69, 9.17) is 0 Å². The molecule has 0 unspecified atom stereocenters. The minimum absolute atomic E-state index is 0.179. The van der Waals surface area contributed by atoms with Gasteiger partial charge in [0.05, 0.1) is 5.41 Å². The molecule has 2 aliphatic rings. The molecule has 0 aromatic heterocycles. The van der Waals surface area contributed by atoms with Gasteiger partial charge in [-0.15, -0.1) is 0 Å². The van der Waals surface area contributed by atoms with Crippen LogP contribution in [0.3, 0.4) is 0 Å². The summed E-state index contributed by atoms with van der Waals surface area (Å²) >= 11 is 0. The van der Waals surface area contributed by atoms with E-state index >= 15 is 0 Å². The predicted molar refractivity (Wildman–Crippen MR) is 110 cm³/mol. The molecule has 0 heterocycles. The average molecular weight is 334 g/mol. The summed E-state index contributed by atoms with van der Waals surface area (Å²) in [5.74, 6) is 0. The van der Waals surface area contributed by atoms with Crippen LogP contribution >= 0.6 is 0 Å². The highest BCUT2D eigenvalue weighted by molar-refractivity contribution is 5.95. The van der Waals surface area contributed by atoms with Gasteiger partial charge in [-0.3, -0.25) is 0 Å². The molecule has 5 rings (SSSR count). The summed E-state index contributed by atoms with van der Waals surface area (Å²) in [6, 6.07) is 26.9. The van der Waals surface area contributed by atoms with Gasteiger partial charge in [0.1, 0.15) is 0 Å². The molecule has 0 amide bonds. The van der Waals surface area contributed by atoms with Crippen LogP contribution in [-0.2, 0) is 5.41 Å². The quantitative estimate of drug-likeness (QED) is 0.486. The molecular formula is C26H22. The molecule has 3 aromatic carbocycles. The van der Waals surface area contributed by atoms with Crippen LogP contribution in [-0.4, -0.2) is 0 Å². The monoisotopic (exact) mass is 334 g/mol. The van der Waals surface area contributed by atoms with Crippen LogP contribution < -0.4 is 0 Å². The lowest BCUT2D eigenvalue weighted by Crippen LogP contribution is -2.26. The molecule has 26 heavy (non-hydrogen) atoms. The van der Waals surface area contributed by atoms with Crippen molar-refractivity contribution >= 4 is 5.57 Å². The SMILES string of the molecule is CC=CC1=C(CC)c2ccccc2C12c1ccccc1-c1ccccc12. The number of fused-ring (bicyclic) bond motifs is 7. The van der Waals surface area contributed by atoms with E-state index in [0.29, 0.717) is 0 Å². The van der Waals surface area contributed by atoms with Gasteiger partial charge in [-0.2, -0.15) is 0 Å². The summed E-state index contributed by atoms with van der Waals surface area (Å²) < 4.78 is 0. The number of hydrogen-bond acceptors (Lipinski definition) is 0. The Morgan fingerprint density at radius 1 is 0.692 bits per heavy atom.